The first kappa shape index (κ1) is 14.1. The lowest BCUT2D eigenvalue weighted by atomic mass is 9.85. The van der Waals surface area contributed by atoms with Gasteiger partial charge >= 0.3 is 0 Å². The van der Waals surface area contributed by atoms with Crippen molar-refractivity contribution in [2.24, 2.45) is 11.8 Å². The maximum absolute atomic E-state index is 13.5. The predicted octanol–water partition coefficient (Wildman–Crippen LogP) is 3.18. The first-order chi connectivity index (χ1) is 10.0. The van der Waals surface area contributed by atoms with E-state index < -0.39 is 0 Å². The van der Waals surface area contributed by atoms with Crippen LogP contribution in [-0.2, 0) is 17.6 Å². The van der Waals surface area contributed by atoms with Crippen LogP contribution in [0.25, 0.3) is 10.9 Å². The molecule has 2 N–H and O–H groups in total. The second kappa shape index (κ2) is 5.51. The number of carbonyl (C=O) groups excluding carboxylic acids is 1. The molecule has 1 heterocycles. The summed E-state index contributed by atoms with van der Waals surface area (Å²) in [5.41, 5.74) is 3.23. The molecule has 0 saturated heterocycles. The molecule has 3 rings (SSSR count). The van der Waals surface area contributed by atoms with Crippen LogP contribution in [0.1, 0.15) is 31.5 Å². The minimum absolute atomic E-state index is 0.00137. The molecule has 0 saturated carbocycles. The SMILES string of the molecule is CC(C)CNC(=O)C1CCc2[nH]c3ccc(F)cc3c2C1. The van der Waals surface area contributed by atoms with Gasteiger partial charge in [-0.25, -0.2) is 4.39 Å². The Bertz CT molecular complexity index is 675. The fourth-order valence-electron chi connectivity index (χ4n) is 3.06. The Morgan fingerprint density at radius 1 is 1.48 bits per heavy atom. The van der Waals surface area contributed by atoms with E-state index in [0.717, 1.165) is 35.0 Å². The number of fused-ring (bicyclic) bond motifs is 3. The molecular formula is C17H21FN2O. The number of H-pyrrole nitrogens is 1. The smallest absolute Gasteiger partial charge is 0.223 e. The normalized spacial score (nSPS) is 18.0. The number of carbonyl (C=O) groups is 1. The third-order valence-electron chi connectivity index (χ3n) is 4.21. The van der Waals surface area contributed by atoms with E-state index in [2.05, 4.69) is 24.1 Å². The Morgan fingerprint density at radius 2 is 2.29 bits per heavy atom. The highest BCUT2D eigenvalue weighted by molar-refractivity contribution is 5.87. The number of aromatic nitrogens is 1. The van der Waals surface area contributed by atoms with Gasteiger partial charge in [0, 0.05) is 29.1 Å². The minimum atomic E-state index is -0.226. The molecular weight excluding hydrogens is 267 g/mol. The molecule has 0 bridgehead atoms. The standard InChI is InChI=1S/C17H21FN2O/c1-10(2)9-19-17(21)11-3-5-15-13(7-11)14-8-12(18)4-6-16(14)20-15/h4,6,8,10-11,20H,3,5,7,9H2,1-2H3,(H,19,21). The van der Waals surface area contributed by atoms with Gasteiger partial charge in [0.2, 0.25) is 5.91 Å². The third kappa shape index (κ3) is 2.80. The molecule has 1 atom stereocenters. The van der Waals surface area contributed by atoms with Gasteiger partial charge in [0.1, 0.15) is 5.82 Å². The summed E-state index contributed by atoms with van der Waals surface area (Å²) in [6.07, 6.45) is 2.40. The van der Waals surface area contributed by atoms with E-state index in [-0.39, 0.29) is 17.6 Å². The van der Waals surface area contributed by atoms with E-state index in [1.165, 1.54) is 6.07 Å². The molecule has 1 amide bonds. The Morgan fingerprint density at radius 3 is 3.05 bits per heavy atom. The van der Waals surface area contributed by atoms with Crippen LogP contribution >= 0.6 is 0 Å². The highest BCUT2D eigenvalue weighted by atomic mass is 19.1. The van der Waals surface area contributed by atoms with Crippen molar-refractivity contribution in [1.29, 1.82) is 0 Å². The zero-order valence-electron chi connectivity index (χ0n) is 12.5. The molecule has 21 heavy (non-hydrogen) atoms. The average molecular weight is 288 g/mol. The van der Waals surface area contributed by atoms with E-state index in [1.807, 2.05) is 0 Å². The quantitative estimate of drug-likeness (QED) is 0.895. The summed E-state index contributed by atoms with van der Waals surface area (Å²) in [5.74, 6) is 0.351. The highest BCUT2D eigenvalue weighted by Crippen LogP contribution is 2.32. The van der Waals surface area contributed by atoms with Gasteiger partial charge in [0.25, 0.3) is 0 Å². The summed E-state index contributed by atoms with van der Waals surface area (Å²) < 4.78 is 13.5. The topological polar surface area (TPSA) is 44.9 Å². The number of halogens is 1. The highest BCUT2D eigenvalue weighted by Gasteiger charge is 2.27. The second-order valence-electron chi connectivity index (χ2n) is 6.35. The third-order valence-corrected chi connectivity index (χ3v) is 4.21. The number of rotatable bonds is 3. The van der Waals surface area contributed by atoms with Crippen molar-refractivity contribution in [3.63, 3.8) is 0 Å². The molecule has 1 aliphatic carbocycles. The molecule has 1 unspecified atom stereocenters. The van der Waals surface area contributed by atoms with Crippen molar-refractivity contribution >= 4 is 16.8 Å². The lowest BCUT2D eigenvalue weighted by Crippen LogP contribution is -2.35. The van der Waals surface area contributed by atoms with Crippen LogP contribution < -0.4 is 5.32 Å². The fraction of sp³-hybridized carbons (Fsp3) is 0.471. The number of hydrogen-bond acceptors (Lipinski definition) is 1. The van der Waals surface area contributed by atoms with E-state index >= 15 is 0 Å². The summed E-state index contributed by atoms with van der Waals surface area (Å²) in [6, 6.07) is 4.81. The summed E-state index contributed by atoms with van der Waals surface area (Å²) in [4.78, 5) is 15.6. The monoisotopic (exact) mass is 288 g/mol. The van der Waals surface area contributed by atoms with Gasteiger partial charge in [0.15, 0.2) is 0 Å². The van der Waals surface area contributed by atoms with Crippen molar-refractivity contribution in [1.82, 2.24) is 10.3 Å². The van der Waals surface area contributed by atoms with Crippen LogP contribution in [0.15, 0.2) is 18.2 Å². The Labute approximate surface area is 123 Å². The van der Waals surface area contributed by atoms with Gasteiger partial charge in [0.05, 0.1) is 0 Å². The van der Waals surface area contributed by atoms with E-state index in [9.17, 15) is 9.18 Å². The summed E-state index contributed by atoms with van der Waals surface area (Å²) in [7, 11) is 0. The predicted molar refractivity (Wildman–Crippen MR) is 81.6 cm³/mol. The van der Waals surface area contributed by atoms with Gasteiger partial charge in [-0.15, -0.1) is 0 Å². The van der Waals surface area contributed by atoms with Crippen molar-refractivity contribution in [2.75, 3.05) is 6.54 Å². The summed E-state index contributed by atoms with van der Waals surface area (Å²) in [5, 5.41) is 3.93. The molecule has 1 aromatic carbocycles. The molecule has 112 valence electrons. The minimum Gasteiger partial charge on any atom is -0.358 e. The van der Waals surface area contributed by atoms with Crippen LogP contribution in [-0.4, -0.2) is 17.4 Å². The van der Waals surface area contributed by atoms with Crippen LogP contribution in [0.5, 0.6) is 0 Å². The molecule has 1 aliphatic rings. The summed E-state index contributed by atoms with van der Waals surface area (Å²) >= 11 is 0. The summed E-state index contributed by atoms with van der Waals surface area (Å²) in [6.45, 7) is 4.88. The number of hydrogen-bond donors (Lipinski definition) is 2. The molecule has 4 heteroatoms. The van der Waals surface area contributed by atoms with Crippen LogP contribution in [0, 0.1) is 17.7 Å². The van der Waals surface area contributed by atoms with Crippen molar-refractivity contribution in [3.8, 4) is 0 Å². The number of aromatic amines is 1. The average Bonchev–Trinajstić information content (AvgIpc) is 2.81. The van der Waals surface area contributed by atoms with Gasteiger partial charge < -0.3 is 10.3 Å². The Hall–Kier alpha value is -1.84. The van der Waals surface area contributed by atoms with Crippen LogP contribution in [0.4, 0.5) is 4.39 Å². The Kier molecular flexibility index (Phi) is 3.70. The van der Waals surface area contributed by atoms with E-state index in [1.54, 1.807) is 12.1 Å². The van der Waals surface area contributed by atoms with Gasteiger partial charge in [-0.05, 0) is 48.9 Å². The van der Waals surface area contributed by atoms with Gasteiger partial charge in [-0.2, -0.15) is 0 Å². The first-order valence-corrected chi connectivity index (χ1v) is 7.61. The zero-order valence-corrected chi connectivity index (χ0v) is 12.5. The second-order valence-corrected chi connectivity index (χ2v) is 6.35. The van der Waals surface area contributed by atoms with Crippen LogP contribution in [0.2, 0.25) is 0 Å². The first-order valence-electron chi connectivity index (χ1n) is 7.61. The fourth-order valence-corrected chi connectivity index (χ4v) is 3.06. The molecule has 0 radical (unpaired) electrons. The van der Waals surface area contributed by atoms with Crippen molar-refractivity contribution < 1.29 is 9.18 Å². The number of aryl methyl sites for hydroxylation is 1. The molecule has 1 aromatic heterocycles. The largest absolute Gasteiger partial charge is 0.358 e. The van der Waals surface area contributed by atoms with Gasteiger partial charge in [-0.1, -0.05) is 13.8 Å². The van der Waals surface area contributed by atoms with Gasteiger partial charge in [-0.3, -0.25) is 4.79 Å². The van der Waals surface area contributed by atoms with E-state index in [0.29, 0.717) is 18.9 Å². The molecule has 2 aromatic rings. The maximum Gasteiger partial charge on any atom is 0.223 e. The molecule has 3 nitrogen and oxygen atoms in total. The number of amides is 1. The lowest BCUT2D eigenvalue weighted by molar-refractivity contribution is -0.125. The number of nitrogens with one attached hydrogen (secondary N) is 2. The molecule has 0 fully saturated rings. The Balaban J connectivity index is 1.82. The number of benzene rings is 1. The maximum atomic E-state index is 13.5. The van der Waals surface area contributed by atoms with Crippen LogP contribution in [0.3, 0.4) is 0 Å². The van der Waals surface area contributed by atoms with Crippen molar-refractivity contribution in [2.45, 2.75) is 33.1 Å². The van der Waals surface area contributed by atoms with E-state index in [4.69, 9.17) is 0 Å². The zero-order chi connectivity index (χ0) is 15.0. The molecule has 0 spiro atoms. The lowest BCUT2D eigenvalue weighted by Gasteiger charge is -2.22. The molecule has 0 aliphatic heterocycles. The van der Waals surface area contributed by atoms with Crippen molar-refractivity contribution in [3.05, 3.63) is 35.3 Å².